The molecule has 0 aliphatic carbocycles. The molecule has 1 heterocycles. The van der Waals surface area contributed by atoms with Gasteiger partial charge in [-0.3, -0.25) is 5.10 Å². The second-order valence-electron chi connectivity index (χ2n) is 5.55. The molecule has 0 atom stereocenters. The SMILES string of the molecule is CN(C)Cc1cccc(OCCCCc2n[nH]c(CO)n2)c1. The fourth-order valence-electron chi connectivity index (χ4n) is 2.19. The van der Waals surface area contributed by atoms with E-state index in [1.54, 1.807) is 0 Å². The topological polar surface area (TPSA) is 74.3 Å². The highest BCUT2D eigenvalue weighted by molar-refractivity contribution is 5.28. The zero-order chi connectivity index (χ0) is 15.8. The Kier molecular flexibility index (Phi) is 6.36. The molecule has 1 aromatic heterocycles. The Morgan fingerprint density at radius 1 is 1.27 bits per heavy atom. The van der Waals surface area contributed by atoms with Crippen molar-refractivity contribution in [1.82, 2.24) is 20.1 Å². The van der Waals surface area contributed by atoms with Crippen molar-refractivity contribution in [3.63, 3.8) is 0 Å². The number of aromatic nitrogens is 3. The van der Waals surface area contributed by atoms with E-state index in [9.17, 15) is 0 Å². The molecular formula is C16H24N4O2. The number of rotatable bonds is 9. The van der Waals surface area contributed by atoms with Crippen LogP contribution in [0.25, 0.3) is 0 Å². The van der Waals surface area contributed by atoms with E-state index in [-0.39, 0.29) is 6.61 Å². The molecule has 0 bridgehead atoms. The van der Waals surface area contributed by atoms with E-state index >= 15 is 0 Å². The maximum absolute atomic E-state index is 8.91. The maximum Gasteiger partial charge on any atom is 0.150 e. The number of aromatic amines is 1. The Balaban J connectivity index is 1.68. The second-order valence-corrected chi connectivity index (χ2v) is 5.55. The summed E-state index contributed by atoms with van der Waals surface area (Å²) in [6.07, 6.45) is 2.70. The Morgan fingerprint density at radius 2 is 2.14 bits per heavy atom. The molecule has 0 amide bonds. The standard InChI is InChI=1S/C16H24N4O2/c1-20(2)11-13-6-5-7-14(10-13)22-9-4-3-8-15-17-16(12-21)19-18-15/h5-7,10,21H,3-4,8-9,11-12H2,1-2H3,(H,17,18,19). The summed E-state index contributed by atoms with van der Waals surface area (Å²) in [4.78, 5) is 6.30. The van der Waals surface area contributed by atoms with Crippen LogP contribution in [-0.2, 0) is 19.6 Å². The minimum Gasteiger partial charge on any atom is -0.494 e. The number of nitrogens with one attached hydrogen (secondary N) is 1. The first kappa shape index (κ1) is 16.5. The van der Waals surface area contributed by atoms with E-state index in [0.29, 0.717) is 12.4 Å². The highest BCUT2D eigenvalue weighted by atomic mass is 16.5. The molecule has 2 rings (SSSR count). The van der Waals surface area contributed by atoms with Crippen LogP contribution in [0.4, 0.5) is 0 Å². The summed E-state index contributed by atoms with van der Waals surface area (Å²) in [5.41, 5.74) is 1.25. The van der Waals surface area contributed by atoms with Crippen molar-refractivity contribution >= 4 is 0 Å². The highest BCUT2D eigenvalue weighted by Crippen LogP contribution is 2.15. The molecule has 0 aliphatic heterocycles. The third-order valence-corrected chi connectivity index (χ3v) is 3.19. The van der Waals surface area contributed by atoms with Gasteiger partial charge in [0.2, 0.25) is 0 Å². The fraction of sp³-hybridized carbons (Fsp3) is 0.500. The average molecular weight is 304 g/mol. The molecular weight excluding hydrogens is 280 g/mol. The number of unbranched alkanes of at least 4 members (excludes halogenated alkanes) is 1. The molecule has 120 valence electrons. The van der Waals surface area contributed by atoms with Crippen molar-refractivity contribution in [3.8, 4) is 5.75 Å². The van der Waals surface area contributed by atoms with Crippen molar-refractivity contribution in [3.05, 3.63) is 41.5 Å². The lowest BCUT2D eigenvalue weighted by molar-refractivity contribution is 0.271. The van der Waals surface area contributed by atoms with Gasteiger partial charge in [-0.05, 0) is 44.6 Å². The number of H-pyrrole nitrogens is 1. The van der Waals surface area contributed by atoms with Crippen LogP contribution in [0, 0.1) is 0 Å². The second kappa shape index (κ2) is 8.51. The van der Waals surface area contributed by atoms with E-state index in [2.05, 4.69) is 46.3 Å². The van der Waals surface area contributed by atoms with E-state index < -0.39 is 0 Å². The van der Waals surface area contributed by atoms with E-state index in [1.807, 2.05) is 12.1 Å². The minimum absolute atomic E-state index is 0.0978. The Bertz CT molecular complexity index is 569. The lowest BCUT2D eigenvalue weighted by Crippen LogP contribution is -2.10. The largest absolute Gasteiger partial charge is 0.494 e. The summed E-state index contributed by atoms with van der Waals surface area (Å²) in [6, 6.07) is 8.21. The van der Waals surface area contributed by atoms with Gasteiger partial charge in [0.1, 0.15) is 18.2 Å². The lowest BCUT2D eigenvalue weighted by Gasteiger charge is -2.11. The lowest BCUT2D eigenvalue weighted by atomic mass is 10.2. The Morgan fingerprint density at radius 3 is 2.86 bits per heavy atom. The van der Waals surface area contributed by atoms with Gasteiger partial charge in [0, 0.05) is 13.0 Å². The molecule has 0 saturated heterocycles. The zero-order valence-electron chi connectivity index (χ0n) is 13.2. The number of ether oxygens (including phenoxy) is 1. The number of hydrogen-bond acceptors (Lipinski definition) is 5. The van der Waals surface area contributed by atoms with Gasteiger partial charge >= 0.3 is 0 Å². The summed E-state index contributed by atoms with van der Waals surface area (Å²) >= 11 is 0. The first-order chi connectivity index (χ1) is 10.7. The van der Waals surface area contributed by atoms with Gasteiger partial charge in [0.05, 0.1) is 6.61 Å². The number of hydrogen-bond donors (Lipinski definition) is 2. The van der Waals surface area contributed by atoms with Gasteiger partial charge in [0.25, 0.3) is 0 Å². The van der Waals surface area contributed by atoms with E-state index in [1.165, 1.54) is 5.56 Å². The first-order valence-corrected chi connectivity index (χ1v) is 7.55. The quantitative estimate of drug-likeness (QED) is 0.691. The number of aryl methyl sites for hydroxylation is 1. The zero-order valence-corrected chi connectivity index (χ0v) is 13.2. The van der Waals surface area contributed by atoms with Crippen LogP contribution in [0.2, 0.25) is 0 Å². The molecule has 0 aliphatic rings. The van der Waals surface area contributed by atoms with Crippen molar-refractivity contribution in [2.24, 2.45) is 0 Å². The van der Waals surface area contributed by atoms with E-state index in [0.717, 1.165) is 37.4 Å². The predicted octanol–water partition coefficient (Wildman–Crippen LogP) is 1.76. The summed E-state index contributed by atoms with van der Waals surface area (Å²) in [7, 11) is 4.11. The maximum atomic E-state index is 8.91. The number of nitrogens with zero attached hydrogens (tertiary/aromatic N) is 3. The number of aliphatic hydroxyl groups is 1. The molecule has 0 fully saturated rings. The summed E-state index contributed by atoms with van der Waals surface area (Å²) in [5.74, 6) is 2.18. The molecule has 2 aromatic rings. The highest BCUT2D eigenvalue weighted by Gasteiger charge is 2.02. The average Bonchev–Trinajstić information content (AvgIpc) is 2.94. The van der Waals surface area contributed by atoms with Crippen LogP contribution in [0.5, 0.6) is 5.75 Å². The van der Waals surface area contributed by atoms with Crippen molar-refractivity contribution in [1.29, 1.82) is 0 Å². The number of benzene rings is 1. The molecule has 0 spiro atoms. The summed E-state index contributed by atoms with van der Waals surface area (Å²) < 4.78 is 5.79. The third kappa shape index (κ3) is 5.46. The fourth-order valence-corrected chi connectivity index (χ4v) is 2.19. The molecule has 0 radical (unpaired) electrons. The minimum atomic E-state index is -0.0978. The molecule has 6 nitrogen and oxygen atoms in total. The van der Waals surface area contributed by atoms with Crippen LogP contribution in [-0.4, -0.2) is 45.9 Å². The molecule has 0 saturated carbocycles. The van der Waals surface area contributed by atoms with Gasteiger partial charge in [-0.1, -0.05) is 12.1 Å². The van der Waals surface area contributed by atoms with Crippen LogP contribution >= 0.6 is 0 Å². The monoisotopic (exact) mass is 304 g/mol. The van der Waals surface area contributed by atoms with Crippen LogP contribution in [0.1, 0.15) is 30.1 Å². The third-order valence-electron chi connectivity index (χ3n) is 3.19. The van der Waals surface area contributed by atoms with Gasteiger partial charge in [-0.15, -0.1) is 0 Å². The van der Waals surface area contributed by atoms with Crippen molar-refractivity contribution < 1.29 is 9.84 Å². The van der Waals surface area contributed by atoms with Crippen LogP contribution < -0.4 is 4.74 Å². The van der Waals surface area contributed by atoms with Crippen LogP contribution in [0.3, 0.4) is 0 Å². The molecule has 1 aromatic carbocycles. The van der Waals surface area contributed by atoms with E-state index in [4.69, 9.17) is 9.84 Å². The van der Waals surface area contributed by atoms with Gasteiger partial charge in [0.15, 0.2) is 5.82 Å². The molecule has 22 heavy (non-hydrogen) atoms. The predicted molar refractivity (Wildman–Crippen MR) is 84.6 cm³/mol. The smallest absolute Gasteiger partial charge is 0.150 e. The molecule has 6 heteroatoms. The first-order valence-electron chi connectivity index (χ1n) is 7.55. The normalized spacial score (nSPS) is 11.1. The van der Waals surface area contributed by atoms with Gasteiger partial charge in [-0.25, -0.2) is 4.98 Å². The van der Waals surface area contributed by atoms with Gasteiger partial charge < -0.3 is 14.7 Å². The van der Waals surface area contributed by atoms with Crippen molar-refractivity contribution in [2.45, 2.75) is 32.4 Å². The number of aliphatic hydroxyl groups excluding tert-OH is 1. The van der Waals surface area contributed by atoms with Gasteiger partial charge in [-0.2, -0.15) is 5.10 Å². The van der Waals surface area contributed by atoms with Crippen molar-refractivity contribution in [2.75, 3.05) is 20.7 Å². The Labute approximate surface area is 131 Å². The summed E-state index contributed by atoms with van der Waals surface area (Å²) in [5, 5.41) is 15.6. The molecule has 0 unspecified atom stereocenters. The summed E-state index contributed by atoms with van der Waals surface area (Å²) in [6.45, 7) is 1.50. The van der Waals surface area contributed by atoms with Crippen LogP contribution in [0.15, 0.2) is 24.3 Å². The molecule has 2 N–H and O–H groups in total. The Hall–Kier alpha value is -1.92.